The highest BCUT2D eigenvalue weighted by Gasteiger charge is 2.20. The number of halogens is 1. The predicted octanol–water partition coefficient (Wildman–Crippen LogP) is 3.43. The van der Waals surface area contributed by atoms with E-state index in [-0.39, 0.29) is 24.2 Å². The fraction of sp³-hybridized carbons (Fsp3) is 0.300. The Kier molecular flexibility index (Phi) is 11.8. The van der Waals surface area contributed by atoms with Gasteiger partial charge in [-0.3, -0.25) is 14.9 Å². The molecule has 3 aromatic carbocycles. The molecule has 0 saturated carbocycles. The minimum Gasteiger partial charge on any atom is -0.493 e. The normalized spacial score (nSPS) is 11.8. The number of aliphatic imine (C=N–C) groups is 1. The summed E-state index contributed by atoms with van der Waals surface area (Å²) < 4.78 is 22.1. The molecule has 0 fully saturated rings. The topological polar surface area (TPSA) is 134 Å². The molecule has 0 spiro atoms. The third-order valence-corrected chi connectivity index (χ3v) is 6.93. The van der Waals surface area contributed by atoms with E-state index in [0.29, 0.717) is 47.9 Å². The fourth-order valence-electron chi connectivity index (χ4n) is 4.12. The number of rotatable bonds is 13. The molecule has 3 aromatic rings. The number of nitrogens with two attached hydrogens (primary N) is 1. The van der Waals surface area contributed by atoms with Gasteiger partial charge in [0.25, 0.3) is 0 Å². The van der Waals surface area contributed by atoms with Crippen molar-refractivity contribution in [3.8, 4) is 23.0 Å². The van der Waals surface area contributed by atoms with Crippen molar-refractivity contribution in [3.05, 3.63) is 81.8 Å². The molecule has 1 atom stereocenters. The Hall–Kier alpha value is -4.25. The largest absolute Gasteiger partial charge is 0.493 e. The van der Waals surface area contributed by atoms with E-state index < -0.39 is 6.04 Å². The van der Waals surface area contributed by atoms with E-state index >= 15 is 0 Å². The molecule has 218 valence electrons. The quantitative estimate of drug-likeness (QED) is 0.195. The zero-order valence-corrected chi connectivity index (χ0v) is 25.1. The number of nitrogens with zero attached hydrogens (tertiary/aromatic N) is 1. The minimum absolute atomic E-state index is 0.0341. The van der Waals surface area contributed by atoms with Gasteiger partial charge in [0.1, 0.15) is 6.04 Å². The Bertz CT molecular complexity index is 1370. The molecule has 4 N–H and O–H groups in total. The van der Waals surface area contributed by atoms with Crippen LogP contribution >= 0.6 is 15.9 Å². The van der Waals surface area contributed by atoms with Gasteiger partial charge in [-0.05, 0) is 47.4 Å². The summed E-state index contributed by atoms with van der Waals surface area (Å²) in [7, 11) is 6.21. The lowest BCUT2D eigenvalue weighted by Crippen LogP contribution is -2.42. The summed E-state index contributed by atoms with van der Waals surface area (Å²) in [4.78, 5) is 30.3. The number of hydrogen-bond acceptors (Lipinski definition) is 7. The van der Waals surface area contributed by atoms with Crippen LogP contribution in [0.5, 0.6) is 23.0 Å². The van der Waals surface area contributed by atoms with E-state index in [1.54, 1.807) is 39.5 Å². The third-order valence-electron chi connectivity index (χ3n) is 6.20. The standard InChI is InChI=1S/C30H35BrN4O6/c1-38-24-11-10-20(15-25(24)39-2)16-28(36)35-30(32)34-23(14-19-8-6-5-7-9-19)29(37)33-13-12-21-17-26(40-3)27(41-4)18-22(21)31/h5-11,15,17-18,23H,12-14,16H2,1-4H3,(H,33,37)(H3,32,34,35,36). The van der Waals surface area contributed by atoms with Crippen molar-refractivity contribution in [2.45, 2.75) is 25.3 Å². The molecule has 41 heavy (non-hydrogen) atoms. The van der Waals surface area contributed by atoms with Crippen LogP contribution in [-0.2, 0) is 28.9 Å². The molecule has 0 bridgehead atoms. The number of carbonyl (C=O) groups is 2. The highest BCUT2D eigenvalue weighted by Crippen LogP contribution is 2.33. The molecule has 0 saturated heterocycles. The van der Waals surface area contributed by atoms with E-state index in [0.717, 1.165) is 15.6 Å². The minimum atomic E-state index is -0.854. The number of carbonyl (C=O) groups excluding carboxylic acids is 2. The van der Waals surface area contributed by atoms with Crippen LogP contribution in [0, 0.1) is 0 Å². The first-order chi connectivity index (χ1) is 19.8. The molecule has 0 radical (unpaired) electrons. The van der Waals surface area contributed by atoms with Crippen molar-refractivity contribution in [1.82, 2.24) is 10.6 Å². The lowest BCUT2D eigenvalue weighted by molar-refractivity contribution is -0.122. The zero-order valence-electron chi connectivity index (χ0n) is 23.5. The summed E-state index contributed by atoms with van der Waals surface area (Å²) in [5.74, 6) is 1.44. The van der Waals surface area contributed by atoms with E-state index in [9.17, 15) is 9.59 Å². The van der Waals surface area contributed by atoms with Crippen LogP contribution in [-0.4, -0.2) is 58.8 Å². The molecule has 11 heteroatoms. The first kappa shape index (κ1) is 31.3. The number of hydrogen-bond donors (Lipinski definition) is 3. The second kappa shape index (κ2) is 15.5. The van der Waals surface area contributed by atoms with Gasteiger partial charge in [-0.15, -0.1) is 0 Å². The summed E-state index contributed by atoms with van der Waals surface area (Å²) >= 11 is 3.55. The van der Waals surface area contributed by atoms with E-state index in [1.807, 2.05) is 42.5 Å². The van der Waals surface area contributed by atoms with Crippen molar-refractivity contribution in [1.29, 1.82) is 0 Å². The number of nitrogens with one attached hydrogen (secondary N) is 2. The maximum Gasteiger partial charge on any atom is 0.245 e. The molecule has 3 rings (SSSR count). The molecular formula is C30H35BrN4O6. The van der Waals surface area contributed by atoms with Gasteiger partial charge in [0.2, 0.25) is 11.8 Å². The van der Waals surface area contributed by atoms with Crippen molar-refractivity contribution < 1.29 is 28.5 Å². The Morgan fingerprint density at radius 2 is 1.49 bits per heavy atom. The molecule has 2 amide bonds. The van der Waals surface area contributed by atoms with Crippen LogP contribution in [0.2, 0.25) is 0 Å². The van der Waals surface area contributed by atoms with Gasteiger partial charge in [0, 0.05) is 17.4 Å². The van der Waals surface area contributed by atoms with E-state index in [2.05, 4.69) is 31.6 Å². The average molecular weight is 628 g/mol. The average Bonchev–Trinajstić information content (AvgIpc) is 2.97. The van der Waals surface area contributed by atoms with Gasteiger partial charge in [0.15, 0.2) is 29.0 Å². The lowest BCUT2D eigenvalue weighted by Gasteiger charge is -2.16. The number of ether oxygens (including phenoxy) is 4. The van der Waals surface area contributed by atoms with Crippen molar-refractivity contribution >= 4 is 33.7 Å². The molecule has 0 heterocycles. The summed E-state index contributed by atoms with van der Waals surface area (Å²) in [6.07, 6.45) is 0.872. The SMILES string of the molecule is COc1ccc(CC(=O)NC(N)=NC(Cc2ccccc2)C(=O)NCCc2cc(OC)c(OC)cc2Br)cc1OC. The van der Waals surface area contributed by atoms with Gasteiger partial charge in [0.05, 0.1) is 34.9 Å². The fourth-order valence-corrected chi connectivity index (χ4v) is 4.64. The Labute approximate surface area is 248 Å². The first-order valence-electron chi connectivity index (χ1n) is 12.8. The first-order valence-corrected chi connectivity index (χ1v) is 13.6. The van der Waals surface area contributed by atoms with Gasteiger partial charge in [-0.2, -0.15) is 0 Å². The van der Waals surface area contributed by atoms with Crippen LogP contribution in [0.4, 0.5) is 0 Å². The summed E-state index contributed by atoms with van der Waals surface area (Å²) in [5.41, 5.74) is 8.63. The number of amides is 2. The number of benzene rings is 3. The monoisotopic (exact) mass is 626 g/mol. The Balaban J connectivity index is 1.68. The Morgan fingerprint density at radius 3 is 2.15 bits per heavy atom. The van der Waals surface area contributed by atoms with Crippen LogP contribution < -0.4 is 35.3 Å². The Morgan fingerprint density at radius 1 is 0.854 bits per heavy atom. The van der Waals surface area contributed by atoms with Crippen LogP contribution in [0.1, 0.15) is 16.7 Å². The van der Waals surface area contributed by atoms with Gasteiger partial charge in [-0.1, -0.05) is 52.3 Å². The highest BCUT2D eigenvalue weighted by molar-refractivity contribution is 9.10. The van der Waals surface area contributed by atoms with E-state index in [4.69, 9.17) is 24.7 Å². The second-order valence-corrected chi connectivity index (χ2v) is 9.83. The molecule has 0 aliphatic heterocycles. The lowest BCUT2D eigenvalue weighted by atomic mass is 10.1. The third kappa shape index (κ3) is 9.14. The molecule has 0 aliphatic rings. The molecule has 0 aromatic heterocycles. The number of methoxy groups -OCH3 is 4. The zero-order chi connectivity index (χ0) is 29.8. The van der Waals surface area contributed by atoms with E-state index in [1.165, 1.54) is 7.11 Å². The maximum atomic E-state index is 13.2. The van der Waals surface area contributed by atoms with Gasteiger partial charge in [-0.25, -0.2) is 4.99 Å². The summed E-state index contributed by atoms with van der Waals surface area (Å²) in [6.45, 7) is 0.347. The second-order valence-electron chi connectivity index (χ2n) is 8.97. The predicted molar refractivity (Wildman–Crippen MR) is 161 cm³/mol. The number of guanidine groups is 1. The van der Waals surface area contributed by atoms with Gasteiger partial charge >= 0.3 is 0 Å². The van der Waals surface area contributed by atoms with Crippen molar-refractivity contribution in [2.24, 2.45) is 10.7 Å². The van der Waals surface area contributed by atoms with Crippen molar-refractivity contribution in [2.75, 3.05) is 35.0 Å². The van der Waals surface area contributed by atoms with Crippen LogP contribution in [0.25, 0.3) is 0 Å². The highest BCUT2D eigenvalue weighted by atomic mass is 79.9. The van der Waals surface area contributed by atoms with Crippen molar-refractivity contribution in [3.63, 3.8) is 0 Å². The maximum absolute atomic E-state index is 13.2. The summed E-state index contributed by atoms with van der Waals surface area (Å²) in [6, 6.07) is 17.5. The van der Waals surface area contributed by atoms with Crippen LogP contribution in [0.15, 0.2) is 70.1 Å². The molecule has 10 nitrogen and oxygen atoms in total. The smallest absolute Gasteiger partial charge is 0.245 e. The molecule has 1 unspecified atom stereocenters. The van der Waals surface area contributed by atoms with Crippen LogP contribution in [0.3, 0.4) is 0 Å². The van der Waals surface area contributed by atoms with Gasteiger partial charge < -0.3 is 30.0 Å². The molecular weight excluding hydrogens is 592 g/mol. The summed E-state index contributed by atoms with van der Waals surface area (Å²) in [5, 5.41) is 5.52. The molecule has 0 aliphatic carbocycles.